The SMILES string of the molecule is N[C@@H]1CN(CC(=O)Nc2nc3c(s2)CCC3)C[C@H]1c1ccccc1. The van der Waals surface area contributed by atoms with E-state index in [1.54, 1.807) is 11.3 Å². The number of anilines is 1. The number of rotatable bonds is 4. The summed E-state index contributed by atoms with van der Waals surface area (Å²) in [6.45, 7) is 1.95. The number of aromatic nitrogens is 1. The molecule has 2 aromatic rings. The summed E-state index contributed by atoms with van der Waals surface area (Å²) in [6.07, 6.45) is 3.33. The number of fused-ring (bicyclic) bond motifs is 1. The second-order valence-corrected chi connectivity index (χ2v) is 7.75. The normalized spacial score (nSPS) is 23.4. The van der Waals surface area contributed by atoms with Crippen molar-refractivity contribution < 1.29 is 4.79 Å². The number of nitrogens with one attached hydrogen (secondary N) is 1. The van der Waals surface area contributed by atoms with Crippen LogP contribution in [0.15, 0.2) is 30.3 Å². The minimum absolute atomic E-state index is 0.00309. The van der Waals surface area contributed by atoms with Crippen LogP contribution >= 0.6 is 11.3 Å². The number of nitrogens with two attached hydrogens (primary N) is 1. The monoisotopic (exact) mass is 342 g/mol. The van der Waals surface area contributed by atoms with Gasteiger partial charge in [-0.05, 0) is 24.8 Å². The van der Waals surface area contributed by atoms with E-state index in [4.69, 9.17) is 5.73 Å². The van der Waals surface area contributed by atoms with Gasteiger partial charge in [-0.3, -0.25) is 9.69 Å². The van der Waals surface area contributed by atoms with Crippen LogP contribution in [0.2, 0.25) is 0 Å². The van der Waals surface area contributed by atoms with E-state index in [-0.39, 0.29) is 11.9 Å². The van der Waals surface area contributed by atoms with Crippen molar-refractivity contribution in [2.45, 2.75) is 31.2 Å². The lowest BCUT2D eigenvalue weighted by Gasteiger charge is -2.15. The zero-order chi connectivity index (χ0) is 16.5. The molecule has 0 unspecified atom stereocenters. The van der Waals surface area contributed by atoms with E-state index in [9.17, 15) is 4.79 Å². The van der Waals surface area contributed by atoms with Crippen molar-refractivity contribution in [3.63, 3.8) is 0 Å². The van der Waals surface area contributed by atoms with E-state index in [1.165, 1.54) is 22.6 Å². The molecule has 1 aliphatic carbocycles. The van der Waals surface area contributed by atoms with Crippen molar-refractivity contribution in [3.05, 3.63) is 46.5 Å². The van der Waals surface area contributed by atoms with Gasteiger partial charge in [0.25, 0.3) is 0 Å². The van der Waals surface area contributed by atoms with Gasteiger partial charge in [-0.1, -0.05) is 30.3 Å². The predicted octanol–water partition coefficient (Wildman–Crippen LogP) is 2.00. The van der Waals surface area contributed by atoms with Crippen molar-refractivity contribution in [2.24, 2.45) is 5.73 Å². The Morgan fingerprint density at radius 1 is 1.29 bits per heavy atom. The molecule has 2 atom stereocenters. The molecule has 4 rings (SSSR count). The molecule has 2 heterocycles. The smallest absolute Gasteiger partial charge is 0.240 e. The summed E-state index contributed by atoms with van der Waals surface area (Å²) < 4.78 is 0. The van der Waals surface area contributed by atoms with Crippen LogP contribution in [0.4, 0.5) is 5.13 Å². The molecule has 0 spiro atoms. The van der Waals surface area contributed by atoms with Crippen molar-refractivity contribution in [1.82, 2.24) is 9.88 Å². The van der Waals surface area contributed by atoms with E-state index in [2.05, 4.69) is 27.3 Å². The Kier molecular flexibility index (Phi) is 4.35. The first kappa shape index (κ1) is 15.7. The van der Waals surface area contributed by atoms with Crippen LogP contribution in [-0.2, 0) is 17.6 Å². The Hall–Kier alpha value is -1.76. The minimum Gasteiger partial charge on any atom is -0.326 e. The highest BCUT2D eigenvalue weighted by Crippen LogP contribution is 2.30. The van der Waals surface area contributed by atoms with Gasteiger partial charge in [0.15, 0.2) is 5.13 Å². The van der Waals surface area contributed by atoms with Gasteiger partial charge >= 0.3 is 0 Å². The van der Waals surface area contributed by atoms with Crippen LogP contribution in [-0.4, -0.2) is 41.5 Å². The fourth-order valence-corrected chi connectivity index (χ4v) is 4.77. The number of thiazole rings is 1. The molecule has 24 heavy (non-hydrogen) atoms. The summed E-state index contributed by atoms with van der Waals surface area (Å²) in [5.74, 6) is 0.297. The lowest BCUT2D eigenvalue weighted by atomic mass is 9.95. The van der Waals surface area contributed by atoms with Crippen molar-refractivity contribution in [2.75, 3.05) is 25.0 Å². The average Bonchev–Trinajstić information content (AvgIpc) is 3.23. The molecule has 1 saturated heterocycles. The van der Waals surface area contributed by atoms with E-state index in [0.717, 1.165) is 31.1 Å². The topological polar surface area (TPSA) is 71.2 Å². The zero-order valence-electron chi connectivity index (χ0n) is 13.6. The molecular weight excluding hydrogens is 320 g/mol. The van der Waals surface area contributed by atoms with Gasteiger partial charge in [0.1, 0.15) is 0 Å². The first-order chi connectivity index (χ1) is 11.7. The zero-order valence-corrected chi connectivity index (χ0v) is 14.4. The largest absolute Gasteiger partial charge is 0.326 e. The summed E-state index contributed by atoms with van der Waals surface area (Å²) in [5, 5.41) is 3.70. The van der Waals surface area contributed by atoms with Crippen LogP contribution in [0, 0.1) is 0 Å². The standard InChI is InChI=1S/C18H22N4OS/c19-14-10-22(9-13(14)12-5-2-1-3-6-12)11-17(23)21-18-20-15-7-4-8-16(15)24-18/h1-3,5-6,13-14H,4,7-11,19H2,(H,20,21,23)/t13-,14+/m0/s1. The molecule has 1 aromatic carbocycles. The number of carbonyl (C=O) groups is 1. The van der Waals surface area contributed by atoms with Crippen LogP contribution < -0.4 is 11.1 Å². The number of benzene rings is 1. The van der Waals surface area contributed by atoms with E-state index >= 15 is 0 Å². The second-order valence-electron chi connectivity index (χ2n) is 6.67. The Bertz CT molecular complexity index is 708. The third-order valence-electron chi connectivity index (χ3n) is 4.88. The molecule has 0 saturated carbocycles. The Morgan fingerprint density at radius 3 is 2.92 bits per heavy atom. The third kappa shape index (κ3) is 3.22. The molecule has 1 amide bonds. The molecule has 0 radical (unpaired) electrons. The molecule has 2 aliphatic rings. The molecule has 6 heteroatoms. The molecule has 126 valence electrons. The van der Waals surface area contributed by atoms with Crippen molar-refractivity contribution in [3.8, 4) is 0 Å². The first-order valence-corrected chi connectivity index (χ1v) is 9.32. The lowest BCUT2D eigenvalue weighted by molar-refractivity contribution is -0.117. The quantitative estimate of drug-likeness (QED) is 0.891. The minimum atomic E-state index is 0.00309. The highest BCUT2D eigenvalue weighted by molar-refractivity contribution is 7.15. The highest BCUT2D eigenvalue weighted by atomic mass is 32.1. The molecule has 1 fully saturated rings. The Balaban J connectivity index is 1.34. The number of aryl methyl sites for hydroxylation is 2. The van der Waals surface area contributed by atoms with Gasteiger partial charge in [0.05, 0.1) is 12.2 Å². The van der Waals surface area contributed by atoms with Gasteiger partial charge in [-0.2, -0.15) is 0 Å². The van der Waals surface area contributed by atoms with Crippen LogP contribution in [0.5, 0.6) is 0 Å². The predicted molar refractivity (Wildman–Crippen MR) is 96.4 cm³/mol. The number of hydrogen-bond donors (Lipinski definition) is 2. The summed E-state index contributed by atoms with van der Waals surface area (Å²) in [5.41, 5.74) is 8.72. The van der Waals surface area contributed by atoms with Gasteiger partial charge in [0.2, 0.25) is 5.91 Å². The maximum atomic E-state index is 12.3. The van der Waals surface area contributed by atoms with E-state index in [0.29, 0.717) is 12.5 Å². The molecule has 5 nitrogen and oxygen atoms in total. The maximum absolute atomic E-state index is 12.3. The van der Waals surface area contributed by atoms with Gasteiger partial charge in [0, 0.05) is 29.9 Å². The summed E-state index contributed by atoms with van der Waals surface area (Å²) >= 11 is 1.62. The highest BCUT2D eigenvalue weighted by Gasteiger charge is 2.32. The molecule has 1 aromatic heterocycles. The van der Waals surface area contributed by atoms with Crippen LogP contribution in [0.25, 0.3) is 0 Å². The first-order valence-electron chi connectivity index (χ1n) is 8.50. The van der Waals surface area contributed by atoms with Crippen molar-refractivity contribution >= 4 is 22.4 Å². The molecule has 0 bridgehead atoms. The molecule has 1 aliphatic heterocycles. The van der Waals surface area contributed by atoms with Gasteiger partial charge in [-0.25, -0.2) is 4.98 Å². The Morgan fingerprint density at radius 2 is 2.12 bits per heavy atom. The van der Waals surface area contributed by atoms with E-state index in [1.807, 2.05) is 18.2 Å². The fourth-order valence-electron chi connectivity index (χ4n) is 3.70. The van der Waals surface area contributed by atoms with E-state index < -0.39 is 0 Å². The molecular formula is C18H22N4OS. The number of nitrogens with zero attached hydrogens (tertiary/aromatic N) is 2. The van der Waals surface area contributed by atoms with Crippen molar-refractivity contribution in [1.29, 1.82) is 0 Å². The van der Waals surface area contributed by atoms with Crippen LogP contribution in [0.3, 0.4) is 0 Å². The Labute approximate surface area is 145 Å². The number of hydrogen-bond acceptors (Lipinski definition) is 5. The van der Waals surface area contributed by atoms with Gasteiger partial charge < -0.3 is 11.1 Å². The lowest BCUT2D eigenvalue weighted by Crippen LogP contribution is -2.33. The maximum Gasteiger partial charge on any atom is 0.240 e. The number of likely N-dealkylation sites (tertiary alicyclic amines) is 1. The summed E-state index contributed by atoms with van der Waals surface area (Å²) in [6, 6.07) is 10.4. The third-order valence-corrected chi connectivity index (χ3v) is 5.95. The van der Waals surface area contributed by atoms with Crippen LogP contribution in [0.1, 0.15) is 28.5 Å². The average molecular weight is 342 g/mol. The fraction of sp³-hybridized carbons (Fsp3) is 0.444. The molecule has 3 N–H and O–H groups in total. The number of carbonyl (C=O) groups excluding carboxylic acids is 1. The summed E-state index contributed by atoms with van der Waals surface area (Å²) in [7, 11) is 0. The van der Waals surface area contributed by atoms with Gasteiger partial charge in [-0.15, -0.1) is 11.3 Å². The number of amides is 1. The summed E-state index contributed by atoms with van der Waals surface area (Å²) in [4.78, 5) is 20.3. The second kappa shape index (κ2) is 6.63.